The number of amides is 1. The van der Waals surface area contributed by atoms with Crippen molar-refractivity contribution >= 4 is 34.6 Å². The number of aryl methyl sites for hydroxylation is 1. The highest BCUT2D eigenvalue weighted by Gasteiger charge is 2.24. The van der Waals surface area contributed by atoms with Gasteiger partial charge in [0.15, 0.2) is 16.7 Å². The molecule has 0 radical (unpaired) electrons. The first-order valence-electron chi connectivity index (χ1n) is 9.52. The molecule has 3 rings (SSSR count). The van der Waals surface area contributed by atoms with E-state index in [2.05, 4.69) is 23.8 Å². The van der Waals surface area contributed by atoms with Crippen molar-refractivity contribution in [3.05, 3.63) is 71.2 Å². The fourth-order valence-corrected chi connectivity index (χ4v) is 3.55. The Balaban J connectivity index is 1.79. The molecule has 1 N–H and O–H groups in total. The summed E-state index contributed by atoms with van der Waals surface area (Å²) in [5.74, 6) is 1.12. The predicted molar refractivity (Wildman–Crippen MR) is 120 cm³/mol. The number of aliphatic imine (C=N–C) groups is 1. The SMILES string of the molecule is C=CCOc1ccc(/C=C2\SC(=Nc3ccc(CC)cc3)NC2=O)cc1OCC. The quantitative estimate of drug-likeness (QED) is 0.487. The van der Waals surface area contributed by atoms with Crippen molar-refractivity contribution < 1.29 is 14.3 Å². The maximum absolute atomic E-state index is 12.4. The van der Waals surface area contributed by atoms with E-state index in [1.165, 1.54) is 17.3 Å². The molecule has 0 bridgehead atoms. The molecule has 1 heterocycles. The number of carbonyl (C=O) groups excluding carboxylic acids is 1. The molecule has 0 saturated carbocycles. The molecule has 1 aliphatic heterocycles. The lowest BCUT2D eigenvalue weighted by Gasteiger charge is -2.11. The summed E-state index contributed by atoms with van der Waals surface area (Å²) in [5.41, 5.74) is 2.92. The van der Waals surface area contributed by atoms with E-state index in [1.54, 1.807) is 6.08 Å². The third-order valence-corrected chi connectivity index (χ3v) is 5.06. The molecular formula is C23H24N2O3S. The van der Waals surface area contributed by atoms with Crippen molar-refractivity contribution in [2.75, 3.05) is 13.2 Å². The zero-order chi connectivity index (χ0) is 20.6. The van der Waals surface area contributed by atoms with Crippen LogP contribution in [0, 0.1) is 0 Å². The number of nitrogens with one attached hydrogen (secondary N) is 1. The van der Waals surface area contributed by atoms with Crippen molar-refractivity contribution in [1.29, 1.82) is 0 Å². The van der Waals surface area contributed by atoms with Crippen LogP contribution in [-0.4, -0.2) is 24.3 Å². The van der Waals surface area contributed by atoms with Crippen molar-refractivity contribution in [2.24, 2.45) is 4.99 Å². The molecule has 5 nitrogen and oxygen atoms in total. The summed E-state index contributed by atoms with van der Waals surface area (Å²) in [6.45, 7) is 8.61. The Kier molecular flexibility index (Phi) is 7.14. The van der Waals surface area contributed by atoms with Crippen molar-refractivity contribution in [1.82, 2.24) is 5.32 Å². The number of carbonyl (C=O) groups is 1. The van der Waals surface area contributed by atoms with Gasteiger partial charge in [0.05, 0.1) is 17.2 Å². The summed E-state index contributed by atoms with van der Waals surface area (Å²) in [4.78, 5) is 17.5. The van der Waals surface area contributed by atoms with Crippen LogP contribution in [0.25, 0.3) is 6.08 Å². The molecule has 0 aromatic heterocycles. The number of rotatable bonds is 8. The molecule has 0 atom stereocenters. The molecule has 6 heteroatoms. The summed E-state index contributed by atoms with van der Waals surface area (Å²) in [7, 11) is 0. The first-order valence-corrected chi connectivity index (χ1v) is 10.3. The third kappa shape index (κ3) is 5.51. The van der Waals surface area contributed by atoms with Gasteiger partial charge < -0.3 is 14.8 Å². The zero-order valence-corrected chi connectivity index (χ0v) is 17.4. The first kappa shape index (κ1) is 20.7. The second-order valence-electron chi connectivity index (χ2n) is 6.24. The summed E-state index contributed by atoms with van der Waals surface area (Å²) in [5, 5.41) is 3.39. The van der Waals surface area contributed by atoms with E-state index in [0.29, 0.717) is 34.8 Å². The maximum atomic E-state index is 12.4. The molecule has 0 spiro atoms. The first-order chi connectivity index (χ1) is 14.1. The summed E-state index contributed by atoms with van der Waals surface area (Å²) >= 11 is 1.32. The van der Waals surface area contributed by atoms with Gasteiger partial charge >= 0.3 is 0 Å². The van der Waals surface area contributed by atoms with Gasteiger partial charge in [0.25, 0.3) is 5.91 Å². The van der Waals surface area contributed by atoms with Crippen LogP contribution in [0.3, 0.4) is 0 Å². The van der Waals surface area contributed by atoms with Crippen LogP contribution >= 0.6 is 11.8 Å². The Morgan fingerprint density at radius 2 is 1.90 bits per heavy atom. The highest BCUT2D eigenvalue weighted by atomic mass is 32.2. The van der Waals surface area contributed by atoms with E-state index in [-0.39, 0.29) is 5.91 Å². The van der Waals surface area contributed by atoms with E-state index in [0.717, 1.165) is 17.7 Å². The van der Waals surface area contributed by atoms with Gasteiger partial charge in [-0.15, -0.1) is 0 Å². The van der Waals surface area contributed by atoms with Crippen LogP contribution in [0.1, 0.15) is 25.0 Å². The van der Waals surface area contributed by atoms with Crippen LogP contribution in [0.15, 0.2) is 65.0 Å². The van der Waals surface area contributed by atoms with Crippen LogP contribution in [0.2, 0.25) is 0 Å². The molecule has 2 aromatic carbocycles. The molecule has 1 amide bonds. The van der Waals surface area contributed by atoms with Crippen LogP contribution in [0.4, 0.5) is 5.69 Å². The van der Waals surface area contributed by atoms with Gasteiger partial charge in [-0.1, -0.05) is 37.8 Å². The van der Waals surface area contributed by atoms with Crippen LogP contribution < -0.4 is 14.8 Å². The molecule has 0 aliphatic carbocycles. The van der Waals surface area contributed by atoms with Crippen LogP contribution in [0.5, 0.6) is 11.5 Å². The van der Waals surface area contributed by atoms with Gasteiger partial charge in [-0.25, -0.2) is 4.99 Å². The van der Waals surface area contributed by atoms with Crippen molar-refractivity contribution in [3.63, 3.8) is 0 Å². The number of hydrogen-bond acceptors (Lipinski definition) is 5. The Labute approximate surface area is 175 Å². The number of ether oxygens (including phenoxy) is 2. The lowest BCUT2D eigenvalue weighted by atomic mass is 10.2. The minimum atomic E-state index is -0.163. The third-order valence-electron chi connectivity index (χ3n) is 4.15. The Morgan fingerprint density at radius 3 is 2.59 bits per heavy atom. The molecular weight excluding hydrogens is 384 g/mol. The summed E-state index contributed by atoms with van der Waals surface area (Å²) < 4.78 is 11.3. The summed E-state index contributed by atoms with van der Waals surface area (Å²) in [6.07, 6.45) is 4.49. The standard InChI is InChI=1S/C23H24N2O3S/c1-4-13-28-19-12-9-17(14-20(19)27-6-3)15-21-22(26)25-23(29-21)24-18-10-7-16(5-2)8-11-18/h4,7-12,14-15H,1,5-6,13H2,2-3H3,(H,24,25,26)/b21-15-. The smallest absolute Gasteiger partial charge is 0.264 e. The van der Waals surface area contributed by atoms with Crippen molar-refractivity contribution in [3.8, 4) is 11.5 Å². The number of benzene rings is 2. The molecule has 29 heavy (non-hydrogen) atoms. The maximum Gasteiger partial charge on any atom is 0.264 e. The van der Waals surface area contributed by atoms with Gasteiger partial charge in [0.1, 0.15) is 6.61 Å². The largest absolute Gasteiger partial charge is 0.490 e. The Morgan fingerprint density at radius 1 is 1.10 bits per heavy atom. The molecule has 1 saturated heterocycles. The molecule has 150 valence electrons. The zero-order valence-electron chi connectivity index (χ0n) is 16.6. The van der Waals surface area contributed by atoms with E-state index in [1.807, 2.05) is 55.5 Å². The Bertz CT molecular complexity index is 949. The predicted octanol–water partition coefficient (Wildman–Crippen LogP) is 5.10. The van der Waals surface area contributed by atoms with Gasteiger partial charge in [-0.05, 0) is 66.6 Å². The Hall–Kier alpha value is -2.99. The number of amidine groups is 1. The fourth-order valence-electron chi connectivity index (χ4n) is 2.71. The molecule has 2 aromatic rings. The van der Waals surface area contributed by atoms with Crippen molar-refractivity contribution in [2.45, 2.75) is 20.3 Å². The molecule has 0 unspecified atom stereocenters. The number of nitrogens with zero attached hydrogens (tertiary/aromatic N) is 1. The lowest BCUT2D eigenvalue weighted by molar-refractivity contribution is -0.115. The number of hydrogen-bond donors (Lipinski definition) is 1. The minimum absolute atomic E-state index is 0.163. The van der Waals surface area contributed by atoms with E-state index in [4.69, 9.17) is 9.47 Å². The van der Waals surface area contributed by atoms with Crippen LogP contribution in [-0.2, 0) is 11.2 Å². The highest BCUT2D eigenvalue weighted by Crippen LogP contribution is 2.32. The lowest BCUT2D eigenvalue weighted by Crippen LogP contribution is -2.19. The second-order valence-corrected chi connectivity index (χ2v) is 7.27. The van der Waals surface area contributed by atoms with Gasteiger partial charge in [-0.3, -0.25) is 4.79 Å². The highest BCUT2D eigenvalue weighted by molar-refractivity contribution is 8.18. The molecule has 1 aliphatic rings. The van der Waals surface area contributed by atoms with E-state index in [9.17, 15) is 4.79 Å². The topological polar surface area (TPSA) is 59.9 Å². The molecule has 1 fully saturated rings. The summed E-state index contributed by atoms with van der Waals surface area (Å²) in [6, 6.07) is 13.6. The second kappa shape index (κ2) is 9.98. The monoisotopic (exact) mass is 408 g/mol. The van der Waals surface area contributed by atoms with Gasteiger partial charge in [-0.2, -0.15) is 0 Å². The van der Waals surface area contributed by atoms with E-state index < -0.39 is 0 Å². The average molecular weight is 409 g/mol. The number of thioether (sulfide) groups is 1. The minimum Gasteiger partial charge on any atom is -0.490 e. The normalized spacial score (nSPS) is 16.1. The average Bonchev–Trinajstić information content (AvgIpc) is 3.07. The fraction of sp³-hybridized carbons (Fsp3) is 0.217. The van der Waals surface area contributed by atoms with E-state index >= 15 is 0 Å². The van der Waals surface area contributed by atoms with Gasteiger partial charge in [0, 0.05) is 0 Å². The van der Waals surface area contributed by atoms with Gasteiger partial charge in [0.2, 0.25) is 0 Å².